The second-order valence-electron chi connectivity index (χ2n) is 4.09. The Labute approximate surface area is 86.0 Å². The van der Waals surface area contributed by atoms with Gasteiger partial charge in [-0.05, 0) is 32.6 Å². The molecule has 1 unspecified atom stereocenters. The maximum atomic E-state index is 5.94. The first kappa shape index (κ1) is 11.3. The van der Waals surface area contributed by atoms with Gasteiger partial charge in [0.1, 0.15) is 0 Å². The maximum absolute atomic E-state index is 5.94. The second kappa shape index (κ2) is 5.18. The fourth-order valence-electron chi connectivity index (χ4n) is 1.81. The molecule has 0 radical (unpaired) electrons. The van der Waals surface area contributed by atoms with Gasteiger partial charge in [-0.25, -0.2) is 0 Å². The molecule has 13 heavy (non-hydrogen) atoms. The Morgan fingerprint density at radius 1 is 1.54 bits per heavy atom. The maximum Gasteiger partial charge on any atom is 0.0476 e. The van der Waals surface area contributed by atoms with Gasteiger partial charge in [-0.15, -0.1) is 11.6 Å². The first-order chi connectivity index (χ1) is 6.22. The minimum atomic E-state index is 0.245. The molecule has 1 fully saturated rings. The second-order valence-corrected chi connectivity index (χ2v) is 4.36. The van der Waals surface area contributed by atoms with Crippen LogP contribution in [0.3, 0.4) is 0 Å². The van der Waals surface area contributed by atoms with Crippen LogP contribution in [0.15, 0.2) is 0 Å². The van der Waals surface area contributed by atoms with E-state index in [1.165, 1.54) is 19.3 Å². The third-order valence-corrected chi connectivity index (χ3v) is 3.39. The Bertz CT molecular complexity index is 142. The average molecular weight is 206 g/mol. The van der Waals surface area contributed by atoms with Gasteiger partial charge in [-0.3, -0.25) is 0 Å². The van der Waals surface area contributed by atoms with E-state index in [1.54, 1.807) is 7.11 Å². The summed E-state index contributed by atoms with van der Waals surface area (Å²) in [6.45, 7) is 3.03. The fourth-order valence-corrected chi connectivity index (χ4v) is 2.15. The van der Waals surface area contributed by atoms with Crippen LogP contribution in [-0.4, -0.2) is 31.2 Å². The lowest BCUT2D eigenvalue weighted by molar-refractivity contribution is 0.153. The van der Waals surface area contributed by atoms with Crippen molar-refractivity contribution in [2.75, 3.05) is 19.6 Å². The zero-order chi connectivity index (χ0) is 9.73. The average Bonchev–Trinajstić information content (AvgIpc) is 2.08. The molecule has 1 N–H and O–H groups in total. The third-order valence-electron chi connectivity index (χ3n) is 2.87. The van der Waals surface area contributed by atoms with Crippen LogP contribution < -0.4 is 5.32 Å². The minimum Gasteiger partial charge on any atom is -0.385 e. The minimum absolute atomic E-state index is 0.245. The van der Waals surface area contributed by atoms with Crippen molar-refractivity contribution >= 4 is 11.6 Å². The normalized spacial score (nSPS) is 22.4. The summed E-state index contributed by atoms with van der Waals surface area (Å²) >= 11 is 5.94. The number of ether oxygens (including phenoxy) is 1. The highest BCUT2D eigenvalue weighted by Gasteiger charge is 2.36. The summed E-state index contributed by atoms with van der Waals surface area (Å²) in [5, 5.41) is 3.60. The van der Waals surface area contributed by atoms with Crippen molar-refractivity contribution in [1.82, 2.24) is 5.32 Å². The molecule has 3 heteroatoms. The van der Waals surface area contributed by atoms with Crippen molar-refractivity contribution in [3.63, 3.8) is 0 Å². The van der Waals surface area contributed by atoms with E-state index in [-0.39, 0.29) is 5.54 Å². The Kier molecular flexibility index (Phi) is 4.50. The molecule has 0 aromatic heterocycles. The number of methoxy groups -OCH3 is 1. The van der Waals surface area contributed by atoms with E-state index in [2.05, 4.69) is 12.2 Å². The Morgan fingerprint density at radius 3 is 2.62 bits per heavy atom. The van der Waals surface area contributed by atoms with E-state index in [1.807, 2.05) is 0 Å². The van der Waals surface area contributed by atoms with Gasteiger partial charge in [0.05, 0.1) is 0 Å². The van der Waals surface area contributed by atoms with Gasteiger partial charge >= 0.3 is 0 Å². The van der Waals surface area contributed by atoms with Crippen LogP contribution in [0.25, 0.3) is 0 Å². The molecule has 1 saturated carbocycles. The van der Waals surface area contributed by atoms with Gasteiger partial charge < -0.3 is 10.1 Å². The molecular weight excluding hydrogens is 186 g/mol. The predicted molar refractivity (Wildman–Crippen MR) is 56.4 cm³/mol. The Morgan fingerprint density at radius 2 is 2.23 bits per heavy atom. The molecule has 0 aliphatic heterocycles. The van der Waals surface area contributed by atoms with Crippen LogP contribution in [0.2, 0.25) is 0 Å². The number of hydrogen-bond acceptors (Lipinski definition) is 2. The molecule has 2 nitrogen and oxygen atoms in total. The molecule has 0 aromatic carbocycles. The van der Waals surface area contributed by atoms with Crippen LogP contribution in [0.5, 0.6) is 0 Å². The van der Waals surface area contributed by atoms with Gasteiger partial charge in [0.15, 0.2) is 0 Å². The SMILES string of the molecule is COCCC(C)NC1(CCl)CCC1. The van der Waals surface area contributed by atoms with Crippen molar-refractivity contribution < 1.29 is 4.74 Å². The molecule has 78 valence electrons. The summed E-state index contributed by atoms with van der Waals surface area (Å²) in [7, 11) is 1.74. The van der Waals surface area contributed by atoms with Gasteiger partial charge in [-0.1, -0.05) is 0 Å². The summed E-state index contributed by atoms with van der Waals surface area (Å²) in [4.78, 5) is 0. The summed E-state index contributed by atoms with van der Waals surface area (Å²) < 4.78 is 5.04. The zero-order valence-electron chi connectivity index (χ0n) is 8.61. The molecule has 1 atom stereocenters. The summed E-state index contributed by atoms with van der Waals surface area (Å²) in [6, 6.07) is 0.513. The highest BCUT2D eigenvalue weighted by atomic mass is 35.5. The molecule has 1 aliphatic carbocycles. The van der Waals surface area contributed by atoms with E-state index in [4.69, 9.17) is 16.3 Å². The van der Waals surface area contributed by atoms with Gasteiger partial charge in [-0.2, -0.15) is 0 Å². The Balaban J connectivity index is 2.21. The van der Waals surface area contributed by atoms with E-state index in [0.717, 1.165) is 18.9 Å². The van der Waals surface area contributed by atoms with Crippen molar-refractivity contribution in [3.8, 4) is 0 Å². The highest BCUT2D eigenvalue weighted by molar-refractivity contribution is 6.18. The van der Waals surface area contributed by atoms with E-state index in [0.29, 0.717) is 6.04 Å². The van der Waals surface area contributed by atoms with Crippen molar-refractivity contribution in [2.45, 2.75) is 44.2 Å². The van der Waals surface area contributed by atoms with E-state index < -0.39 is 0 Å². The summed E-state index contributed by atoms with van der Waals surface area (Å²) in [5.74, 6) is 0.740. The van der Waals surface area contributed by atoms with Crippen molar-refractivity contribution in [3.05, 3.63) is 0 Å². The number of alkyl halides is 1. The molecule has 1 rings (SSSR count). The first-order valence-electron chi connectivity index (χ1n) is 5.05. The highest BCUT2D eigenvalue weighted by Crippen LogP contribution is 2.33. The molecular formula is C10H20ClNO. The third kappa shape index (κ3) is 3.12. The zero-order valence-corrected chi connectivity index (χ0v) is 9.36. The lowest BCUT2D eigenvalue weighted by atomic mass is 9.78. The Hall–Kier alpha value is 0.210. The molecule has 0 saturated heterocycles. The van der Waals surface area contributed by atoms with Gasteiger partial charge in [0.2, 0.25) is 0 Å². The van der Waals surface area contributed by atoms with Crippen LogP contribution in [0, 0.1) is 0 Å². The monoisotopic (exact) mass is 205 g/mol. The topological polar surface area (TPSA) is 21.3 Å². The lowest BCUT2D eigenvalue weighted by Gasteiger charge is -2.43. The molecule has 0 spiro atoms. The number of rotatable bonds is 6. The van der Waals surface area contributed by atoms with Crippen LogP contribution in [-0.2, 0) is 4.74 Å². The molecule has 1 aliphatic rings. The smallest absolute Gasteiger partial charge is 0.0476 e. The largest absolute Gasteiger partial charge is 0.385 e. The number of halogens is 1. The molecule has 0 amide bonds. The molecule has 0 aromatic rings. The predicted octanol–water partition coefficient (Wildman–Crippen LogP) is 2.16. The van der Waals surface area contributed by atoms with Crippen molar-refractivity contribution in [1.29, 1.82) is 0 Å². The van der Waals surface area contributed by atoms with Crippen molar-refractivity contribution in [2.24, 2.45) is 0 Å². The summed E-state index contributed by atoms with van der Waals surface area (Å²) in [6.07, 6.45) is 4.84. The van der Waals surface area contributed by atoms with Crippen LogP contribution in [0.1, 0.15) is 32.6 Å². The number of hydrogen-bond donors (Lipinski definition) is 1. The quantitative estimate of drug-likeness (QED) is 0.672. The fraction of sp³-hybridized carbons (Fsp3) is 1.00. The lowest BCUT2D eigenvalue weighted by Crippen LogP contribution is -2.55. The summed E-state index contributed by atoms with van der Waals surface area (Å²) in [5.41, 5.74) is 0.245. The van der Waals surface area contributed by atoms with Gasteiger partial charge in [0, 0.05) is 31.2 Å². The number of nitrogens with one attached hydrogen (secondary N) is 1. The first-order valence-corrected chi connectivity index (χ1v) is 5.58. The molecule has 0 heterocycles. The standard InChI is InChI=1S/C10H20ClNO/c1-9(4-7-13-2)12-10(8-11)5-3-6-10/h9,12H,3-8H2,1-2H3. The van der Waals surface area contributed by atoms with E-state index >= 15 is 0 Å². The van der Waals surface area contributed by atoms with Crippen LogP contribution >= 0.6 is 11.6 Å². The van der Waals surface area contributed by atoms with E-state index in [9.17, 15) is 0 Å². The van der Waals surface area contributed by atoms with Gasteiger partial charge in [0.25, 0.3) is 0 Å². The molecule has 0 bridgehead atoms. The van der Waals surface area contributed by atoms with Crippen LogP contribution in [0.4, 0.5) is 0 Å².